The number of carboxylic acid groups (broad SMARTS) is 1. The molecule has 1 atom stereocenters. The Balaban J connectivity index is 1.76. The maximum atomic E-state index is 14.3. The van der Waals surface area contributed by atoms with Gasteiger partial charge in [-0.1, -0.05) is 30.4 Å². The first-order chi connectivity index (χ1) is 19.3. The van der Waals surface area contributed by atoms with Crippen LogP contribution in [0.2, 0.25) is 0 Å². The molecule has 1 aliphatic rings. The van der Waals surface area contributed by atoms with Crippen LogP contribution in [0.1, 0.15) is 29.5 Å². The summed E-state index contributed by atoms with van der Waals surface area (Å²) in [5, 5.41) is 9.06. The van der Waals surface area contributed by atoms with Gasteiger partial charge in [0.25, 0.3) is 10.0 Å². The highest BCUT2D eigenvalue weighted by Crippen LogP contribution is 2.40. The number of hydrogen-bond donors (Lipinski definition) is 1. The predicted molar refractivity (Wildman–Crippen MR) is 136 cm³/mol. The van der Waals surface area contributed by atoms with Gasteiger partial charge in [0.2, 0.25) is 0 Å². The molecule has 0 radical (unpaired) electrons. The molecule has 1 unspecified atom stereocenters. The molecule has 0 saturated carbocycles. The van der Waals surface area contributed by atoms with E-state index < -0.39 is 62.5 Å². The molecule has 3 aromatic carbocycles. The molecule has 4 rings (SSSR count). The summed E-state index contributed by atoms with van der Waals surface area (Å²) in [4.78, 5) is 10.7. The molecule has 0 aromatic heterocycles. The van der Waals surface area contributed by atoms with Crippen LogP contribution in [0.25, 0.3) is 12.2 Å². The average molecular weight is 602 g/mol. The molecular formula is C27H21F6NO6S. The highest BCUT2D eigenvalue weighted by molar-refractivity contribution is 7.92. The number of alkyl halides is 5. The molecule has 0 bridgehead atoms. The maximum absolute atomic E-state index is 14.3. The first kappa shape index (κ1) is 29.8. The number of aliphatic carboxylic acids is 1. The Kier molecular flexibility index (Phi) is 8.52. The van der Waals surface area contributed by atoms with Gasteiger partial charge in [0.15, 0.2) is 0 Å². The Labute approximate surface area is 230 Å². The van der Waals surface area contributed by atoms with Gasteiger partial charge in [-0.05, 0) is 48.4 Å². The number of halogens is 6. The van der Waals surface area contributed by atoms with E-state index in [1.54, 1.807) is 0 Å². The Bertz CT molecular complexity index is 1570. The molecule has 41 heavy (non-hydrogen) atoms. The standard InChI is InChI=1S/C27H21F6NO6S/c28-22-6-2-5-21(27(31,32)33)20(22)10-7-16-8-11-24-23(13-16)34(15-18(39-24)9-12-25(35)36)41(37,38)19-4-1-3-17(14-19)40-26(29)30/h1-8,10-11,13-14,18,26H,9,12,15H2,(H,35,36). The van der Waals surface area contributed by atoms with Crippen LogP contribution in [0.4, 0.5) is 32.0 Å². The molecule has 218 valence electrons. The summed E-state index contributed by atoms with van der Waals surface area (Å²) >= 11 is 0. The molecule has 0 aliphatic carbocycles. The molecule has 0 fully saturated rings. The number of anilines is 1. The van der Waals surface area contributed by atoms with Crippen LogP contribution < -0.4 is 13.8 Å². The summed E-state index contributed by atoms with van der Waals surface area (Å²) in [7, 11) is -4.47. The highest BCUT2D eigenvalue weighted by atomic mass is 32.2. The van der Waals surface area contributed by atoms with Crippen molar-refractivity contribution in [1.82, 2.24) is 0 Å². The van der Waals surface area contributed by atoms with E-state index in [4.69, 9.17) is 9.84 Å². The van der Waals surface area contributed by atoms with Gasteiger partial charge < -0.3 is 14.6 Å². The lowest BCUT2D eigenvalue weighted by atomic mass is 10.0. The van der Waals surface area contributed by atoms with Crippen molar-refractivity contribution < 1.29 is 54.1 Å². The van der Waals surface area contributed by atoms with Crippen LogP contribution >= 0.6 is 0 Å². The minimum absolute atomic E-state index is 0.0224. The van der Waals surface area contributed by atoms with Crippen molar-refractivity contribution in [3.63, 3.8) is 0 Å². The van der Waals surface area contributed by atoms with Gasteiger partial charge in [0.1, 0.15) is 23.4 Å². The first-order valence-corrected chi connectivity index (χ1v) is 13.3. The number of carboxylic acids is 1. The first-order valence-electron chi connectivity index (χ1n) is 11.9. The second kappa shape index (κ2) is 11.7. The van der Waals surface area contributed by atoms with Crippen LogP contribution in [0.15, 0.2) is 65.6 Å². The summed E-state index contributed by atoms with van der Waals surface area (Å²) in [5.41, 5.74) is -1.79. The number of fused-ring (bicyclic) bond motifs is 1. The number of hydrogen-bond acceptors (Lipinski definition) is 5. The topological polar surface area (TPSA) is 93.1 Å². The van der Waals surface area contributed by atoms with E-state index in [-0.39, 0.29) is 36.4 Å². The molecule has 0 saturated heterocycles. The van der Waals surface area contributed by atoms with E-state index in [0.29, 0.717) is 0 Å². The lowest BCUT2D eigenvalue weighted by molar-refractivity contribution is -0.138. The maximum Gasteiger partial charge on any atom is 0.417 e. The molecule has 3 aromatic rings. The summed E-state index contributed by atoms with van der Waals surface area (Å²) in [6.07, 6.45) is -4.07. The third-order valence-corrected chi connectivity index (χ3v) is 7.79. The number of sulfonamides is 1. The number of carbonyl (C=O) groups is 1. The average Bonchev–Trinajstić information content (AvgIpc) is 2.89. The summed E-state index contributed by atoms with van der Waals surface area (Å²) in [6, 6.07) is 10.9. The fourth-order valence-corrected chi connectivity index (χ4v) is 5.70. The van der Waals surface area contributed by atoms with Crippen molar-refractivity contribution in [3.05, 3.63) is 83.2 Å². The number of ether oxygens (including phenoxy) is 2. The van der Waals surface area contributed by atoms with Crippen LogP contribution in [0.3, 0.4) is 0 Å². The number of benzene rings is 3. The van der Waals surface area contributed by atoms with Gasteiger partial charge in [-0.2, -0.15) is 22.0 Å². The molecule has 14 heteroatoms. The molecule has 0 amide bonds. The molecule has 1 heterocycles. The van der Waals surface area contributed by atoms with Crippen molar-refractivity contribution in [2.75, 3.05) is 10.8 Å². The lowest BCUT2D eigenvalue weighted by Crippen LogP contribution is -2.43. The highest BCUT2D eigenvalue weighted by Gasteiger charge is 2.36. The normalized spacial score (nSPS) is 15.6. The zero-order valence-electron chi connectivity index (χ0n) is 20.8. The Morgan fingerprint density at radius 2 is 1.83 bits per heavy atom. The van der Waals surface area contributed by atoms with Crippen molar-refractivity contribution in [2.24, 2.45) is 0 Å². The largest absolute Gasteiger partial charge is 0.486 e. The SMILES string of the molecule is O=C(O)CCC1CN(S(=O)(=O)c2cccc(OC(F)F)c2)c2cc(C=Cc3c(F)cccc3C(F)(F)F)ccc2O1. The van der Waals surface area contributed by atoms with Gasteiger partial charge >= 0.3 is 18.8 Å². The second-order valence-corrected chi connectivity index (χ2v) is 10.7. The quantitative estimate of drug-likeness (QED) is 0.224. The number of nitrogens with zero attached hydrogens (tertiary/aromatic N) is 1. The van der Waals surface area contributed by atoms with E-state index in [2.05, 4.69) is 4.74 Å². The predicted octanol–water partition coefficient (Wildman–Crippen LogP) is 6.44. The zero-order valence-corrected chi connectivity index (χ0v) is 21.6. The summed E-state index contributed by atoms with van der Waals surface area (Å²) in [6.45, 7) is -3.57. The summed E-state index contributed by atoms with van der Waals surface area (Å²) in [5.74, 6) is -2.65. The van der Waals surface area contributed by atoms with Gasteiger partial charge in [-0.15, -0.1) is 0 Å². The Hall–Kier alpha value is -4.20. The van der Waals surface area contributed by atoms with Gasteiger partial charge in [-0.25, -0.2) is 12.8 Å². The van der Waals surface area contributed by atoms with E-state index in [0.717, 1.165) is 52.9 Å². The van der Waals surface area contributed by atoms with Crippen molar-refractivity contribution in [3.8, 4) is 11.5 Å². The van der Waals surface area contributed by atoms with Crippen molar-refractivity contribution in [2.45, 2.75) is 36.6 Å². The van der Waals surface area contributed by atoms with E-state index in [1.807, 2.05) is 0 Å². The zero-order chi connectivity index (χ0) is 29.9. The van der Waals surface area contributed by atoms with E-state index >= 15 is 0 Å². The third kappa shape index (κ3) is 6.93. The van der Waals surface area contributed by atoms with E-state index in [9.17, 15) is 39.6 Å². The second-order valence-electron chi connectivity index (χ2n) is 8.82. The fourth-order valence-electron chi connectivity index (χ4n) is 4.17. The smallest absolute Gasteiger partial charge is 0.417 e. The minimum atomic E-state index is -4.83. The molecule has 1 aliphatic heterocycles. The van der Waals surface area contributed by atoms with Crippen LogP contribution in [-0.4, -0.2) is 38.8 Å². The van der Waals surface area contributed by atoms with Crippen LogP contribution in [-0.2, 0) is 21.0 Å². The number of rotatable bonds is 9. The van der Waals surface area contributed by atoms with Gasteiger partial charge in [-0.3, -0.25) is 9.10 Å². The monoisotopic (exact) mass is 601 g/mol. The molecule has 7 nitrogen and oxygen atoms in total. The van der Waals surface area contributed by atoms with Crippen molar-refractivity contribution in [1.29, 1.82) is 0 Å². The van der Waals surface area contributed by atoms with E-state index in [1.165, 1.54) is 24.3 Å². The summed E-state index contributed by atoms with van der Waals surface area (Å²) < 4.78 is 118. The van der Waals surface area contributed by atoms with Crippen molar-refractivity contribution >= 4 is 33.8 Å². The fraction of sp³-hybridized carbons (Fsp3) is 0.222. The molecule has 0 spiro atoms. The van der Waals surface area contributed by atoms with Gasteiger partial charge in [0, 0.05) is 18.1 Å². The van der Waals surface area contributed by atoms with Crippen LogP contribution in [0.5, 0.6) is 11.5 Å². The lowest BCUT2D eigenvalue weighted by Gasteiger charge is -2.35. The van der Waals surface area contributed by atoms with Crippen LogP contribution in [0, 0.1) is 5.82 Å². The molecule has 1 N–H and O–H groups in total. The van der Waals surface area contributed by atoms with Gasteiger partial charge in [0.05, 0.1) is 22.7 Å². The molecular weight excluding hydrogens is 580 g/mol. The Morgan fingerprint density at radius 1 is 1.10 bits per heavy atom. The minimum Gasteiger partial charge on any atom is -0.486 e. The third-order valence-electron chi connectivity index (χ3n) is 6.01. The Morgan fingerprint density at radius 3 is 2.51 bits per heavy atom.